The summed E-state index contributed by atoms with van der Waals surface area (Å²) in [5.41, 5.74) is 1.66. The van der Waals surface area contributed by atoms with E-state index in [4.69, 9.17) is 0 Å². The van der Waals surface area contributed by atoms with Crippen LogP contribution < -0.4 is 0 Å². The van der Waals surface area contributed by atoms with Crippen LogP contribution in [0.3, 0.4) is 0 Å². The second-order valence-electron chi connectivity index (χ2n) is 2.39. The van der Waals surface area contributed by atoms with Crippen LogP contribution in [0.4, 0.5) is 0 Å². The second kappa shape index (κ2) is 3.56. The van der Waals surface area contributed by atoms with E-state index in [2.05, 4.69) is 30.4 Å². The molecular weight excluding hydrogens is 190 g/mol. The zero-order valence-electron chi connectivity index (χ0n) is 6.89. The van der Waals surface area contributed by atoms with Gasteiger partial charge in [-0.15, -0.1) is 5.10 Å². The topological polar surface area (TPSA) is 80.5 Å². The molecule has 2 rings (SSSR count). The standard InChI is InChI=1S/C6H7N5OS/c1-4-5(10-12-9-4)3-13-6-2-7-11-8-6/h2H,3H2,1H3,(H,7,8,11). The van der Waals surface area contributed by atoms with Crippen molar-refractivity contribution in [1.82, 2.24) is 25.7 Å². The molecule has 0 atom stereocenters. The summed E-state index contributed by atoms with van der Waals surface area (Å²) in [4.78, 5) is 0. The molecule has 1 N–H and O–H groups in total. The van der Waals surface area contributed by atoms with E-state index in [1.54, 1.807) is 6.20 Å². The molecule has 0 saturated heterocycles. The Labute approximate surface area is 78.1 Å². The number of nitrogens with one attached hydrogen (secondary N) is 1. The molecule has 6 nitrogen and oxygen atoms in total. The summed E-state index contributed by atoms with van der Waals surface area (Å²) in [6.45, 7) is 1.86. The minimum Gasteiger partial charge on any atom is -0.244 e. The van der Waals surface area contributed by atoms with Crippen molar-refractivity contribution in [2.24, 2.45) is 0 Å². The monoisotopic (exact) mass is 197 g/mol. The van der Waals surface area contributed by atoms with Gasteiger partial charge < -0.3 is 0 Å². The highest BCUT2D eigenvalue weighted by atomic mass is 32.2. The Morgan fingerprint density at radius 3 is 3.08 bits per heavy atom. The smallest absolute Gasteiger partial charge is 0.139 e. The zero-order chi connectivity index (χ0) is 9.10. The molecule has 0 radical (unpaired) electrons. The van der Waals surface area contributed by atoms with Gasteiger partial charge in [0.05, 0.1) is 6.20 Å². The highest BCUT2D eigenvalue weighted by Gasteiger charge is 2.06. The van der Waals surface area contributed by atoms with E-state index in [-0.39, 0.29) is 0 Å². The van der Waals surface area contributed by atoms with Crippen LogP contribution in [0.15, 0.2) is 15.9 Å². The van der Waals surface area contributed by atoms with Crippen molar-refractivity contribution in [2.45, 2.75) is 17.7 Å². The van der Waals surface area contributed by atoms with Crippen molar-refractivity contribution in [3.63, 3.8) is 0 Å². The van der Waals surface area contributed by atoms with Gasteiger partial charge >= 0.3 is 0 Å². The third kappa shape index (κ3) is 1.86. The van der Waals surface area contributed by atoms with Crippen molar-refractivity contribution < 1.29 is 4.63 Å². The van der Waals surface area contributed by atoms with Crippen molar-refractivity contribution in [2.75, 3.05) is 0 Å². The maximum Gasteiger partial charge on any atom is 0.139 e. The number of nitrogens with zero attached hydrogens (tertiary/aromatic N) is 4. The first-order chi connectivity index (χ1) is 6.36. The lowest BCUT2D eigenvalue weighted by molar-refractivity contribution is 0.302. The summed E-state index contributed by atoms with van der Waals surface area (Å²) in [5, 5.41) is 18.4. The van der Waals surface area contributed by atoms with Crippen LogP contribution >= 0.6 is 11.8 Å². The molecule has 7 heteroatoms. The Hall–Kier alpha value is -1.37. The van der Waals surface area contributed by atoms with Crippen LogP contribution in [-0.4, -0.2) is 25.7 Å². The van der Waals surface area contributed by atoms with E-state index >= 15 is 0 Å². The van der Waals surface area contributed by atoms with Gasteiger partial charge in [0, 0.05) is 5.75 Å². The van der Waals surface area contributed by atoms with Crippen LogP contribution in [0.5, 0.6) is 0 Å². The van der Waals surface area contributed by atoms with Crippen LogP contribution in [0, 0.1) is 6.92 Å². The quantitative estimate of drug-likeness (QED) is 0.732. The van der Waals surface area contributed by atoms with Gasteiger partial charge in [0.1, 0.15) is 16.4 Å². The lowest BCUT2D eigenvalue weighted by Crippen LogP contribution is -1.84. The fourth-order valence-electron chi connectivity index (χ4n) is 0.783. The average molecular weight is 197 g/mol. The van der Waals surface area contributed by atoms with Crippen LogP contribution in [0.25, 0.3) is 0 Å². The van der Waals surface area contributed by atoms with E-state index in [1.807, 2.05) is 6.92 Å². The Bertz CT molecular complexity index is 370. The number of aryl methyl sites for hydroxylation is 1. The Balaban J connectivity index is 1.97. The number of aromatic amines is 1. The third-order valence-electron chi connectivity index (χ3n) is 1.50. The van der Waals surface area contributed by atoms with Crippen LogP contribution in [0.1, 0.15) is 11.4 Å². The van der Waals surface area contributed by atoms with Gasteiger partial charge in [-0.25, -0.2) is 4.63 Å². The number of hydrogen-bond acceptors (Lipinski definition) is 6. The van der Waals surface area contributed by atoms with Gasteiger partial charge in [-0.3, -0.25) is 0 Å². The largest absolute Gasteiger partial charge is 0.244 e. The molecule has 2 aromatic rings. The van der Waals surface area contributed by atoms with E-state index in [0.717, 1.165) is 16.4 Å². The summed E-state index contributed by atoms with van der Waals surface area (Å²) in [6.07, 6.45) is 1.66. The summed E-state index contributed by atoms with van der Waals surface area (Å²) in [5.74, 6) is 0.696. The van der Waals surface area contributed by atoms with Crippen molar-refractivity contribution in [3.05, 3.63) is 17.6 Å². The third-order valence-corrected chi connectivity index (χ3v) is 2.41. The molecule has 0 aliphatic carbocycles. The highest BCUT2D eigenvalue weighted by Crippen LogP contribution is 2.19. The molecule has 0 bridgehead atoms. The van der Waals surface area contributed by atoms with Crippen LogP contribution in [0.2, 0.25) is 0 Å². The second-order valence-corrected chi connectivity index (χ2v) is 3.39. The summed E-state index contributed by atoms with van der Waals surface area (Å²) < 4.78 is 4.56. The Morgan fingerprint density at radius 2 is 2.46 bits per heavy atom. The van der Waals surface area contributed by atoms with Gasteiger partial charge in [0.25, 0.3) is 0 Å². The van der Waals surface area contributed by atoms with Gasteiger partial charge in [-0.1, -0.05) is 22.1 Å². The fraction of sp³-hybridized carbons (Fsp3) is 0.333. The van der Waals surface area contributed by atoms with Gasteiger partial charge in [-0.05, 0) is 6.92 Å². The normalized spacial score (nSPS) is 10.5. The molecule has 0 fully saturated rings. The van der Waals surface area contributed by atoms with Crippen molar-refractivity contribution >= 4 is 11.8 Å². The lowest BCUT2D eigenvalue weighted by Gasteiger charge is -1.91. The molecule has 0 saturated carbocycles. The van der Waals surface area contributed by atoms with Crippen LogP contribution in [-0.2, 0) is 5.75 Å². The Kier molecular flexibility index (Phi) is 2.26. The number of rotatable bonds is 3. The summed E-state index contributed by atoms with van der Waals surface area (Å²) in [6, 6.07) is 0. The van der Waals surface area contributed by atoms with Gasteiger partial charge in [-0.2, -0.15) is 10.3 Å². The summed E-state index contributed by atoms with van der Waals surface area (Å²) >= 11 is 1.53. The number of H-pyrrole nitrogens is 1. The fourth-order valence-corrected chi connectivity index (χ4v) is 1.56. The molecule has 0 aromatic carbocycles. The van der Waals surface area contributed by atoms with E-state index < -0.39 is 0 Å². The first kappa shape index (κ1) is 8.24. The number of thioether (sulfide) groups is 1. The predicted molar refractivity (Wildman–Crippen MR) is 45.0 cm³/mol. The zero-order valence-corrected chi connectivity index (χ0v) is 7.71. The molecule has 2 heterocycles. The molecular formula is C6H7N5OS. The van der Waals surface area contributed by atoms with Gasteiger partial charge in [0.15, 0.2) is 0 Å². The molecule has 68 valence electrons. The van der Waals surface area contributed by atoms with E-state index in [1.165, 1.54) is 11.8 Å². The molecule has 0 aliphatic rings. The molecule has 0 spiro atoms. The van der Waals surface area contributed by atoms with E-state index in [9.17, 15) is 0 Å². The maximum atomic E-state index is 4.56. The lowest BCUT2D eigenvalue weighted by atomic mass is 10.4. The number of hydrogen-bond donors (Lipinski definition) is 1. The SMILES string of the molecule is Cc1nonc1CSc1cn[nH]n1. The average Bonchev–Trinajstić information content (AvgIpc) is 2.72. The molecule has 0 amide bonds. The number of aromatic nitrogens is 5. The van der Waals surface area contributed by atoms with Crippen molar-refractivity contribution in [3.8, 4) is 0 Å². The molecule has 0 unspecified atom stereocenters. The minimum atomic E-state index is 0.696. The molecule has 0 aliphatic heterocycles. The maximum absolute atomic E-state index is 4.56. The first-order valence-corrected chi connectivity index (χ1v) is 4.61. The predicted octanol–water partition coefficient (Wildman–Crippen LogP) is 0.788. The minimum absolute atomic E-state index is 0.696. The van der Waals surface area contributed by atoms with E-state index in [0.29, 0.717) is 5.75 Å². The Morgan fingerprint density at radius 1 is 1.54 bits per heavy atom. The molecule has 2 aromatic heterocycles. The highest BCUT2D eigenvalue weighted by molar-refractivity contribution is 7.98. The summed E-state index contributed by atoms with van der Waals surface area (Å²) in [7, 11) is 0. The van der Waals surface area contributed by atoms with Crippen molar-refractivity contribution in [1.29, 1.82) is 0 Å². The first-order valence-electron chi connectivity index (χ1n) is 3.63. The molecule has 13 heavy (non-hydrogen) atoms. The van der Waals surface area contributed by atoms with Gasteiger partial charge in [0.2, 0.25) is 0 Å².